The standard InChI is InChI=1S/C20H22N4O/c25-19(16-7-5-11-21-14-16)24-23-18-13-20(9-3-4-10-20)12-15-6-1-2-8-17(15)22-18/h1-2,5-8,11,14H,3-4,9-10,12-13H2,(H,22,23)(H,24,25). The lowest BCUT2D eigenvalue weighted by Gasteiger charge is -2.28. The summed E-state index contributed by atoms with van der Waals surface area (Å²) in [5.74, 6) is 0.637. The van der Waals surface area contributed by atoms with Gasteiger partial charge >= 0.3 is 0 Å². The zero-order valence-electron chi connectivity index (χ0n) is 14.2. The molecule has 1 aromatic carbocycles. The van der Waals surface area contributed by atoms with Gasteiger partial charge < -0.3 is 0 Å². The molecule has 1 aliphatic heterocycles. The third-order valence-corrected chi connectivity index (χ3v) is 5.26. The maximum absolute atomic E-state index is 12.3. The van der Waals surface area contributed by atoms with E-state index in [9.17, 15) is 4.79 Å². The van der Waals surface area contributed by atoms with Gasteiger partial charge in [-0.1, -0.05) is 31.0 Å². The molecule has 0 unspecified atom stereocenters. The number of para-hydroxylation sites is 1. The fraction of sp³-hybridized carbons (Fsp3) is 0.350. The highest BCUT2D eigenvalue weighted by Crippen LogP contribution is 2.46. The number of amidine groups is 1. The summed E-state index contributed by atoms with van der Waals surface area (Å²) in [5, 5.41) is 0. The number of nitrogens with zero attached hydrogens (tertiary/aromatic N) is 2. The molecule has 1 spiro atoms. The molecule has 5 heteroatoms. The molecule has 1 aromatic heterocycles. The van der Waals surface area contributed by atoms with E-state index >= 15 is 0 Å². The minimum absolute atomic E-state index is 0.200. The second-order valence-corrected chi connectivity index (χ2v) is 7.07. The Kier molecular flexibility index (Phi) is 4.22. The average molecular weight is 334 g/mol. The van der Waals surface area contributed by atoms with E-state index in [1.165, 1.54) is 31.2 Å². The molecule has 0 radical (unpaired) electrons. The van der Waals surface area contributed by atoms with Crippen LogP contribution < -0.4 is 10.9 Å². The first-order valence-electron chi connectivity index (χ1n) is 8.86. The molecule has 1 fully saturated rings. The van der Waals surface area contributed by atoms with E-state index in [0.29, 0.717) is 5.56 Å². The molecule has 1 aliphatic carbocycles. The van der Waals surface area contributed by atoms with Gasteiger partial charge in [0.2, 0.25) is 0 Å². The smallest absolute Gasteiger partial charge is 0.271 e. The van der Waals surface area contributed by atoms with Crippen molar-refractivity contribution >= 4 is 17.4 Å². The number of fused-ring (bicyclic) bond motifs is 1. The van der Waals surface area contributed by atoms with E-state index < -0.39 is 0 Å². The van der Waals surface area contributed by atoms with Crippen molar-refractivity contribution in [3.63, 3.8) is 0 Å². The fourth-order valence-electron chi connectivity index (χ4n) is 4.02. The molecule has 2 aliphatic rings. The maximum atomic E-state index is 12.3. The molecule has 1 amide bonds. The maximum Gasteiger partial charge on any atom is 0.271 e. The van der Waals surface area contributed by atoms with E-state index in [-0.39, 0.29) is 11.3 Å². The number of pyridine rings is 1. The molecule has 2 aromatic rings. The normalized spacial score (nSPS) is 18.2. The number of nitrogens with one attached hydrogen (secondary N) is 2. The van der Waals surface area contributed by atoms with Crippen LogP contribution in [0.3, 0.4) is 0 Å². The molecular formula is C20H22N4O. The summed E-state index contributed by atoms with van der Waals surface area (Å²) < 4.78 is 0. The molecule has 2 N–H and O–H groups in total. The van der Waals surface area contributed by atoms with Crippen LogP contribution in [-0.4, -0.2) is 16.7 Å². The molecule has 5 nitrogen and oxygen atoms in total. The van der Waals surface area contributed by atoms with Crippen LogP contribution in [0.15, 0.2) is 53.8 Å². The Morgan fingerprint density at radius 2 is 1.88 bits per heavy atom. The first-order valence-corrected chi connectivity index (χ1v) is 8.86. The van der Waals surface area contributed by atoms with Crippen LogP contribution in [0.1, 0.15) is 48.0 Å². The van der Waals surface area contributed by atoms with E-state index in [2.05, 4.69) is 28.0 Å². The molecule has 128 valence electrons. The Labute approximate surface area is 147 Å². The summed E-state index contributed by atoms with van der Waals surface area (Å²) in [6.45, 7) is 0. The SMILES string of the molecule is O=C(NNC1=Nc2ccccc2CC2(CCCC2)C1)c1cccnc1. The summed E-state index contributed by atoms with van der Waals surface area (Å²) in [7, 11) is 0. The van der Waals surface area contributed by atoms with Gasteiger partial charge in [-0.15, -0.1) is 0 Å². The molecular weight excluding hydrogens is 312 g/mol. The zero-order valence-corrected chi connectivity index (χ0v) is 14.2. The van der Waals surface area contributed by atoms with E-state index in [1.54, 1.807) is 24.5 Å². The molecule has 2 heterocycles. The van der Waals surface area contributed by atoms with Gasteiger partial charge in [-0.05, 0) is 48.4 Å². The number of hydrazine groups is 1. The third kappa shape index (κ3) is 3.40. The van der Waals surface area contributed by atoms with Crippen molar-refractivity contribution in [2.45, 2.75) is 38.5 Å². The Balaban J connectivity index is 1.55. The minimum Gasteiger partial charge on any atom is -0.285 e. The van der Waals surface area contributed by atoms with Gasteiger partial charge in [0.25, 0.3) is 5.91 Å². The summed E-state index contributed by atoms with van der Waals surface area (Å²) in [6.07, 6.45) is 10.1. The Morgan fingerprint density at radius 3 is 2.68 bits per heavy atom. The monoisotopic (exact) mass is 334 g/mol. The number of aliphatic imine (C=N–C) groups is 1. The highest BCUT2D eigenvalue weighted by Gasteiger charge is 2.37. The zero-order chi connectivity index (χ0) is 17.1. The van der Waals surface area contributed by atoms with Crippen molar-refractivity contribution in [1.82, 2.24) is 15.8 Å². The molecule has 0 bridgehead atoms. The van der Waals surface area contributed by atoms with Crippen molar-refractivity contribution in [3.05, 3.63) is 59.9 Å². The van der Waals surface area contributed by atoms with Gasteiger partial charge in [-0.25, -0.2) is 4.99 Å². The fourth-order valence-corrected chi connectivity index (χ4v) is 4.02. The summed E-state index contributed by atoms with van der Waals surface area (Å²) in [5.41, 5.74) is 8.95. The topological polar surface area (TPSA) is 66.4 Å². The highest BCUT2D eigenvalue weighted by atomic mass is 16.2. The first kappa shape index (κ1) is 15.8. The van der Waals surface area contributed by atoms with Gasteiger partial charge in [0.05, 0.1) is 11.3 Å². The van der Waals surface area contributed by atoms with Crippen LogP contribution >= 0.6 is 0 Å². The van der Waals surface area contributed by atoms with Crippen LogP contribution in [0.25, 0.3) is 0 Å². The summed E-state index contributed by atoms with van der Waals surface area (Å²) in [6, 6.07) is 11.8. The molecule has 0 atom stereocenters. The van der Waals surface area contributed by atoms with Crippen molar-refractivity contribution in [2.24, 2.45) is 10.4 Å². The number of benzene rings is 1. The summed E-state index contributed by atoms with van der Waals surface area (Å²) >= 11 is 0. The van der Waals surface area contributed by atoms with E-state index in [1.807, 2.05) is 12.1 Å². The minimum atomic E-state index is -0.200. The van der Waals surface area contributed by atoms with E-state index in [4.69, 9.17) is 4.99 Å². The largest absolute Gasteiger partial charge is 0.285 e. The van der Waals surface area contributed by atoms with Crippen molar-refractivity contribution in [3.8, 4) is 0 Å². The van der Waals surface area contributed by atoms with E-state index in [0.717, 1.165) is 24.4 Å². The molecule has 4 rings (SSSR count). The number of aromatic nitrogens is 1. The lowest BCUT2D eigenvalue weighted by molar-refractivity contribution is 0.0942. The number of carbonyl (C=O) groups excluding carboxylic acids is 1. The van der Waals surface area contributed by atoms with Crippen molar-refractivity contribution in [2.75, 3.05) is 0 Å². The number of carbonyl (C=O) groups is 1. The quantitative estimate of drug-likeness (QED) is 0.784. The number of amides is 1. The predicted molar refractivity (Wildman–Crippen MR) is 97.6 cm³/mol. The second-order valence-electron chi connectivity index (χ2n) is 7.07. The Morgan fingerprint density at radius 1 is 1.04 bits per heavy atom. The predicted octanol–water partition coefficient (Wildman–Crippen LogP) is 3.55. The van der Waals surface area contributed by atoms with Crippen molar-refractivity contribution < 1.29 is 4.79 Å². The van der Waals surface area contributed by atoms with Crippen LogP contribution in [0.2, 0.25) is 0 Å². The Hall–Kier alpha value is -2.69. The van der Waals surface area contributed by atoms with Crippen LogP contribution in [0.5, 0.6) is 0 Å². The number of rotatable bonds is 1. The summed E-state index contributed by atoms with van der Waals surface area (Å²) in [4.78, 5) is 21.0. The molecule has 1 saturated carbocycles. The first-order chi connectivity index (χ1) is 12.2. The van der Waals surface area contributed by atoms with Crippen LogP contribution in [-0.2, 0) is 6.42 Å². The van der Waals surface area contributed by atoms with Crippen molar-refractivity contribution in [1.29, 1.82) is 0 Å². The molecule has 0 saturated heterocycles. The third-order valence-electron chi connectivity index (χ3n) is 5.26. The van der Waals surface area contributed by atoms with Gasteiger partial charge in [0, 0.05) is 18.8 Å². The molecule has 25 heavy (non-hydrogen) atoms. The lowest BCUT2D eigenvalue weighted by Crippen LogP contribution is -2.43. The van der Waals surface area contributed by atoms with Crippen LogP contribution in [0.4, 0.5) is 5.69 Å². The van der Waals surface area contributed by atoms with Gasteiger partial charge in [-0.3, -0.25) is 20.6 Å². The van der Waals surface area contributed by atoms with Gasteiger partial charge in [0.1, 0.15) is 5.84 Å². The number of hydrogen-bond acceptors (Lipinski definition) is 4. The lowest BCUT2D eigenvalue weighted by atomic mass is 9.77. The van der Waals surface area contributed by atoms with Gasteiger partial charge in [0.15, 0.2) is 0 Å². The van der Waals surface area contributed by atoms with Crippen LogP contribution in [0, 0.1) is 5.41 Å². The average Bonchev–Trinajstić information content (AvgIpc) is 3.02. The highest BCUT2D eigenvalue weighted by molar-refractivity contribution is 5.96. The number of hydrogen-bond donors (Lipinski definition) is 2. The second kappa shape index (κ2) is 6.67. The van der Waals surface area contributed by atoms with Gasteiger partial charge in [-0.2, -0.15) is 0 Å². The Bertz CT molecular complexity index is 794.